The van der Waals surface area contributed by atoms with E-state index in [4.69, 9.17) is 4.74 Å². The Morgan fingerprint density at radius 1 is 1.20 bits per heavy atom. The molecule has 3 heterocycles. The second-order valence-electron chi connectivity index (χ2n) is 7.75. The Balaban J connectivity index is 1.61. The maximum Gasteiger partial charge on any atom is 0.329 e. The van der Waals surface area contributed by atoms with Crippen LogP contribution in [0.1, 0.15) is 17.5 Å². The molecule has 9 nitrogen and oxygen atoms in total. The zero-order valence-electron chi connectivity index (χ0n) is 17.7. The predicted molar refractivity (Wildman–Crippen MR) is 118 cm³/mol. The zero-order valence-corrected chi connectivity index (χ0v) is 17.7. The van der Waals surface area contributed by atoms with Gasteiger partial charge in [0.15, 0.2) is 11.2 Å². The third-order valence-corrected chi connectivity index (χ3v) is 5.55. The second-order valence-corrected chi connectivity index (χ2v) is 7.75. The number of ether oxygens (including phenoxy) is 1. The van der Waals surface area contributed by atoms with Crippen LogP contribution in [0.4, 0.5) is 11.6 Å². The first kappa shape index (κ1) is 20.2. The first-order valence-electron chi connectivity index (χ1n) is 10.3. The van der Waals surface area contributed by atoms with Crippen molar-refractivity contribution in [2.75, 3.05) is 43.1 Å². The monoisotopic (exact) mass is 412 g/mol. The number of imidazole rings is 1. The normalized spacial score (nSPS) is 14.4. The molecule has 1 aliphatic rings. The first-order valence-corrected chi connectivity index (χ1v) is 10.3. The molecule has 4 rings (SSSR count). The average molecular weight is 412 g/mol. The van der Waals surface area contributed by atoms with Gasteiger partial charge >= 0.3 is 5.69 Å². The Morgan fingerprint density at radius 3 is 2.73 bits per heavy atom. The van der Waals surface area contributed by atoms with Crippen molar-refractivity contribution in [3.8, 4) is 0 Å². The lowest BCUT2D eigenvalue weighted by Gasteiger charge is -2.28. The highest BCUT2D eigenvalue weighted by Gasteiger charge is 2.22. The first-order chi connectivity index (χ1) is 14.5. The SMILES string of the molecule is Cc1ccc(C)c(NCCCn2c(N3CCOCC3)nc3c2c(=O)[nH]c(=O)n3C)c1. The van der Waals surface area contributed by atoms with Gasteiger partial charge in [0.1, 0.15) is 0 Å². The van der Waals surface area contributed by atoms with Crippen molar-refractivity contribution in [2.24, 2.45) is 7.05 Å². The maximum absolute atomic E-state index is 12.6. The molecule has 2 N–H and O–H groups in total. The second kappa shape index (κ2) is 8.35. The fourth-order valence-electron chi connectivity index (χ4n) is 3.83. The van der Waals surface area contributed by atoms with Crippen LogP contribution in [-0.2, 0) is 18.3 Å². The summed E-state index contributed by atoms with van der Waals surface area (Å²) in [6.45, 7) is 8.18. The van der Waals surface area contributed by atoms with Crippen molar-refractivity contribution in [1.29, 1.82) is 0 Å². The minimum absolute atomic E-state index is 0.400. The number of benzene rings is 1. The fourth-order valence-corrected chi connectivity index (χ4v) is 3.83. The van der Waals surface area contributed by atoms with E-state index >= 15 is 0 Å². The summed E-state index contributed by atoms with van der Waals surface area (Å²) in [5, 5.41) is 3.49. The number of aryl methyl sites for hydroxylation is 4. The molecule has 0 unspecified atom stereocenters. The third-order valence-electron chi connectivity index (χ3n) is 5.55. The molecule has 160 valence electrons. The predicted octanol–water partition coefficient (Wildman–Crippen LogP) is 1.38. The van der Waals surface area contributed by atoms with E-state index in [2.05, 4.69) is 52.2 Å². The van der Waals surface area contributed by atoms with Crippen LogP contribution >= 0.6 is 0 Å². The Labute approximate surface area is 174 Å². The molecule has 1 saturated heterocycles. The highest BCUT2D eigenvalue weighted by atomic mass is 16.5. The van der Waals surface area contributed by atoms with Gasteiger partial charge < -0.3 is 19.5 Å². The zero-order chi connectivity index (χ0) is 21.3. The van der Waals surface area contributed by atoms with Crippen LogP contribution in [0.2, 0.25) is 0 Å². The molecule has 0 spiro atoms. The average Bonchev–Trinajstić information content (AvgIpc) is 3.13. The van der Waals surface area contributed by atoms with E-state index in [9.17, 15) is 9.59 Å². The maximum atomic E-state index is 12.6. The molecule has 0 amide bonds. The van der Waals surface area contributed by atoms with E-state index in [1.807, 2.05) is 4.57 Å². The van der Waals surface area contributed by atoms with Gasteiger partial charge in [-0.15, -0.1) is 0 Å². The van der Waals surface area contributed by atoms with Gasteiger partial charge in [0.25, 0.3) is 5.56 Å². The molecule has 0 atom stereocenters. The molecular weight excluding hydrogens is 384 g/mol. The van der Waals surface area contributed by atoms with Crippen molar-refractivity contribution < 1.29 is 4.74 Å². The minimum Gasteiger partial charge on any atom is -0.385 e. The van der Waals surface area contributed by atoms with E-state index in [1.165, 1.54) is 15.7 Å². The van der Waals surface area contributed by atoms with Gasteiger partial charge in [0.05, 0.1) is 13.2 Å². The van der Waals surface area contributed by atoms with Gasteiger partial charge in [0, 0.05) is 38.9 Å². The number of aromatic amines is 1. The summed E-state index contributed by atoms with van der Waals surface area (Å²) in [7, 11) is 1.63. The van der Waals surface area contributed by atoms with Gasteiger partial charge in [-0.2, -0.15) is 4.98 Å². The summed E-state index contributed by atoms with van der Waals surface area (Å²) in [6.07, 6.45) is 0.804. The van der Waals surface area contributed by atoms with E-state index < -0.39 is 11.2 Å². The topological polar surface area (TPSA) is 97.2 Å². The largest absolute Gasteiger partial charge is 0.385 e. The van der Waals surface area contributed by atoms with Crippen LogP contribution in [0.3, 0.4) is 0 Å². The number of hydrogen-bond acceptors (Lipinski definition) is 6. The molecule has 1 aliphatic heterocycles. The van der Waals surface area contributed by atoms with E-state index in [0.29, 0.717) is 50.0 Å². The summed E-state index contributed by atoms with van der Waals surface area (Å²) < 4.78 is 8.79. The van der Waals surface area contributed by atoms with Gasteiger partial charge in [-0.25, -0.2) is 4.79 Å². The number of anilines is 2. The quantitative estimate of drug-likeness (QED) is 0.594. The molecule has 3 aromatic rings. The van der Waals surface area contributed by atoms with Gasteiger partial charge in [-0.05, 0) is 37.5 Å². The van der Waals surface area contributed by atoms with E-state index in [-0.39, 0.29) is 0 Å². The van der Waals surface area contributed by atoms with Gasteiger partial charge in [-0.3, -0.25) is 14.3 Å². The van der Waals surface area contributed by atoms with Crippen LogP contribution in [-0.4, -0.2) is 52.0 Å². The highest BCUT2D eigenvalue weighted by Crippen LogP contribution is 2.21. The molecule has 1 fully saturated rings. The number of H-pyrrole nitrogens is 1. The minimum atomic E-state index is -0.456. The van der Waals surface area contributed by atoms with Crippen LogP contribution in [0.25, 0.3) is 11.2 Å². The lowest BCUT2D eigenvalue weighted by molar-refractivity contribution is 0.121. The lowest BCUT2D eigenvalue weighted by atomic mass is 10.1. The Bertz CT molecular complexity index is 1170. The van der Waals surface area contributed by atoms with Gasteiger partial charge in [0.2, 0.25) is 5.95 Å². The molecule has 0 radical (unpaired) electrons. The molecular formula is C21H28N6O3. The number of nitrogens with one attached hydrogen (secondary N) is 2. The number of nitrogens with zero attached hydrogens (tertiary/aromatic N) is 4. The molecule has 2 aromatic heterocycles. The Kier molecular flexibility index (Phi) is 5.63. The standard InChI is InChI=1S/C21H28N6O3/c1-14-5-6-15(2)16(13-14)22-7-4-8-27-17-18(25(3)21(29)24-19(17)28)23-20(27)26-9-11-30-12-10-26/h5-6,13,22H,4,7-12H2,1-3H3,(H,24,28,29). The van der Waals surface area contributed by atoms with Crippen molar-refractivity contribution in [1.82, 2.24) is 19.1 Å². The summed E-state index contributed by atoms with van der Waals surface area (Å²) in [6, 6.07) is 6.35. The molecule has 9 heteroatoms. The Morgan fingerprint density at radius 2 is 1.97 bits per heavy atom. The van der Waals surface area contributed by atoms with Crippen LogP contribution in [0.5, 0.6) is 0 Å². The van der Waals surface area contributed by atoms with E-state index in [0.717, 1.165) is 18.7 Å². The Hall–Kier alpha value is -3.07. The van der Waals surface area contributed by atoms with E-state index in [1.54, 1.807) is 7.05 Å². The molecule has 0 bridgehead atoms. The summed E-state index contributed by atoms with van der Waals surface area (Å²) in [4.78, 5) is 33.9. The third kappa shape index (κ3) is 3.85. The summed E-state index contributed by atoms with van der Waals surface area (Å²) in [5.74, 6) is 0.715. The number of aromatic nitrogens is 4. The number of fused-ring (bicyclic) bond motifs is 1. The van der Waals surface area contributed by atoms with Crippen LogP contribution in [0, 0.1) is 13.8 Å². The van der Waals surface area contributed by atoms with Crippen LogP contribution in [0.15, 0.2) is 27.8 Å². The van der Waals surface area contributed by atoms with Crippen molar-refractivity contribution in [3.63, 3.8) is 0 Å². The highest BCUT2D eigenvalue weighted by molar-refractivity contribution is 5.74. The van der Waals surface area contributed by atoms with Crippen molar-refractivity contribution >= 4 is 22.8 Å². The number of hydrogen-bond donors (Lipinski definition) is 2. The molecule has 0 aliphatic carbocycles. The number of morpholine rings is 1. The number of rotatable bonds is 6. The summed E-state index contributed by atoms with van der Waals surface area (Å²) in [5.41, 5.74) is 3.53. The van der Waals surface area contributed by atoms with Crippen molar-refractivity contribution in [3.05, 3.63) is 50.2 Å². The smallest absolute Gasteiger partial charge is 0.329 e. The van der Waals surface area contributed by atoms with Crippen LogP contribution < -0.4 is 21.5 Å². The van der Waals surface area contributed by atoms with Crippen molar-refractivity contribution in [2.45, 2.75) is 26.8 Å². The summed E-state index contributed by atoms with van der Waals surface area (Å²) >= 11 is 0. The molecule has 30 heavy (non-hydrogen) atoms. The molecule has 1 aromatic carbocycles. The fraction of sp³-hybridized carbons (Fsp3) is 0.476. The van der Waals surface area contributed by atoms with Gasteiger partial charge in [-0.1, -0.05) is 12.1 Å². The molecule has 0 saturated carbocycles. The lowest BCUT2D eigenvalue weighted by Crippen LogP contribution is -2.38.